The number of nitrogens with zero attached hydrogens (tertiary/aromatic N) is 1. The highest BCUT2D eigenvalue weighted by atomic mass is 35.5. The SMILES string of the molecule is COC(=O)/C(=C/c1cncc(Cl)c1)C(=O)C1CC1. The third kappa shape index (κ3) is 2.96. The summed E-state index contributed by atoms with van der Waals surface area (Å²) in [5.74, 6) is -0.823. The van der Waals surface area contributed by atoms with Crippen molar-refractivity contribution in [3.05, 3.63) is 34.6 Å². The number of hydrogen-bond acceptors (Lipinski definition) is 4. The molecule has 1 aromatic rings. The number of ether oxygens (including phenoxy) is 1. The lowest BCUT2D eigenvalue weighted by molar-refractivity contribution is -0.137. The second-order valence-electron chi connectivity index (χ2n) is 4.12. The number of pyridine rings is 1. The lowest BCUT2D eigenvalue weighted by Crippen LogP contribution is -2.15. The summed E-state index contributed by atoms with van der Waals surface area (Å²) in [6, 6.07) is 1.64. The van der Waals surface area contributed by atoms with Crippen molar-refractivity contribution in [2.75, 3.05) is 7.11 Å². The van der Waals surface area contributed by atoms with Crippen LogP contribution in [0, 0.1) is 5.92 Å². The smallest absolute Gasteiger partial charge is 0.341 e. The van der Waals surface area contributed by atoms with Crippen molar-refractivity contribution >= 4 is 29.4 Å². The number of ketones is 1. The van der Waals surface area contributed by atoms with E-state index in [0.717, 1.165) is 12.8 Å². The lowest BCUT2D eigenvalue weighted by atomic mass is 10.1. The van der Waals surface area contributed by atoms with E-state index < -0.39 is 5.97 Å². The van der Waals surface area contributed by atoms with E-state index in [-0.39, 0.29) is 17.3 Å². The molecule has 1 aromatic heterocycles. The van der Waals surface area contributed by atoms with E-state index in [1.165, 1.54) is 25.6 Å². The Bertz CT molecular complexity index is 521. The molecule has 0 radical (unpaired) electrons. The molecule has 0 saturated heterocycles. The molecule has 1 aliphatic carbocycles. The summed E-state index contributed by atoms with van der Waals surface area (Å²) in [6.07, 6.45) is 6.17. The van der Waals surface area contributed by atoms with Gasteiger partial charge < -0.3 is 4.74 Å². The number of rotatable bonds is 4. The molecule has 0 N–H and O–H groups in total. The van der Waals surface area contributed by atoms with Crippen LogP contribution in [0.4, 0.5) is 0 Å². The highest BCUT2D eigenvalue weighted by Crippen LogP contribution is 2.33. The molecule has 0 aromatic carbocycles. The summed E-state index contributed by atoms with van der Waals surface area (Å²) in [4.78, 5) is 27.5. The third-order valence-corrected chi connectivity index (χ3v) is 2.86. The zero-order valence-corrected chi connectivity index (χ0v) is 10.6. The number of esters is 1. The minimum absolute atomic E-state index is 0.0394. The lowest BCUT2D eigenvalue weighted by Gasteiger charge is -2.04. The Balaban J connectivity index is 2.33. The highest BCUT2D eigenvalue weighted by molar-refractivity contribution is 6.30. The summed E-state index contributed by atoms with van der Waals surface area (Å²) in [7, 11) is 1.26. The minimum atomic E-state index is -0.619. The van der Waals surface area contributed by atoms with Gasteiger partial charge >= 0.3 is 5.97 Å². The number of methoxy groups -OCH3 is 1. The largest absolute Gasteiger partial charge is 0.465 e. The fourth-order valence-electron chi connectivity index (χ4n) is 1.58. The second-order valence-corrected chi connectivity index (χ2v) is 4.56. The number of carbonyl (C=O) groups is 2. The average molecular weight is 266 g/mol. The monoisotopic (exact) mass is 265 g/mol. The second kappa shape index (κ2) is 5.31. The summed E-state index contributed by atoms with van der Waals surface area (Å²) < 4.78 is 4.63. The normalized spacial score (nSPS) is 15.3. The molecule has 0 atom stereocenters. The Kier molecular flexibility index (Phi) is 3.77. The predicted molar refractivity (Wildman–Crippen MR) is 67.0 cm³/mol. The number of Topliss-reactive ketones (excluding diaryl/α,β-unsaturated/α-hetero) is 1. The van der Waals surface area contributed by atoms with Gasteiger partial charge in [0.2, 0.25) is 0 Å². The average Bonchev–Trinajstić information content (AvgIpc) is 3.18. The van der Waals surface area contributed by atoms with Crippen LogP contribution < -0.4 is 0 Å². The Morgan fingerprint density at radius 2 is 2.17 bits per heavy atom. The van der Waals surface area contributed by atoms with Gasteiger partial charge in [0.1, 0.15) is 5.57 Å². The Hall–Kier alpha value is -1.68. The number of aromatic nitrogens is 1. The number of halogens is 1. The molecule has 0 spiro atoms. The third-order valence-electron chi connectivity index (χ3n) is 2.66. The number of carbonyl (C=O) groups excluding carboxylic acids is 2. The van der Waals surface area contributed by atoms with E-state index in [4.69, 9.17) is 11.6 Å². The van der Waals surface area contributed by atoms with Gasteiger partial charge in [-0.3, -0.25) is 9.78 Å². The van der Waals surface area contributed by atoms with E-state index in [2.05, 4.69) is 9.72 Å². The molecule has 1 fully saturated rings. The van der Waals surface area contributed by atoms with Crippen LogP contribution in [0.15, 0.2) is 24.0 Å². The molecule has 0 amide bonds. The van der Waals surface area contributed by atoms with Gasteiger partial charge in [0.15, 0.2) is 5.78 Å². The van der Waals surface area contributed by atoms with Gasteiger partial charge in [0, 0.05) is 18.3 Å². The molecule has 1 heterocycles. The first kappa shape index (κ1) is 12.8. The van der Waals surface area contributed by atoms with E-state index in [9.17, 15) is 9.59 Å². The van der Waals surface area contributed by atoms with Crippen molar-refractivity contribution in [2.45, 2.75) is 12.8 Å². The molecule has 94 valence electrons. The van der Waals surface area contributed by atoms with E-state index >= 15 is 0 Å². The summed E-state index contributed by atoms with van der Waals surface area (Å²) in [5.41, 5.74) is 0.668. The van der Waals surface area contributed by atoms with Crippen molar-refractivity contribution in [3.8, 4) is 0 Å². The fourth-order valence-corrected chi connectivity index (χ4v) is 1.76. The van der Waals surface area contributed by atoms with Crippen LogP contribution in [-0.2, 0) is 14.3 Å². The minimum Gasteiger partial charge on any atom is -0.465 e. The maximum Gasteiger partial charge on any atom is 0.341 e. The van der Waals surface area contributed by atoms with Crippen LogP contribution in [0.1, 0.15) is 18.4 Å². The molecule has 0 unspecified atom stereocenters. The Morgan fingerprint density at radius 1 is 1.44 bits per heavy atom. The molecular weight excluding hydrogens is 254 g/mol. The van der Waals surface area contributed by atoms with Gasteiger partial charge in [-0.1, -0.05) is 11.6 Å². The molecule has 0 bridgehead atoms. The molecule has 0 aliphatic heterocycles. The standard InChI is InChI=1S/C13H12ClNO3/c1-18-13(17)11(12(16)9-2-3-9)5-8-4-10(14)7-15-6-8/h4-7,9H,2-3H2,1H3/b11-5+. The molecule has 2 rings (SSSR count). The van der Waals surface area contributed by atoms with Crippen molar-refractivity contribution < 1.29 is 14.3 Å². The van der Waals surface area contributed by atoms with Crippen LogP contribution >= 0.6 is 11.6 Å². The van der Waals surface area contributed by atoms with Crippen molar-refractivity contribution in [2.24, 2.45) is 5.92 Å². The first-order valence-corrected chi connectivity index (χ1v) is 5.94. The predicted octanol–water partition coefficient (Wildman–Crippen LogP) is 2.27. The van der Waals surface area contributed by atoms with Gasteiger partial charge in [-0.25, -0.2) is 4.79 Å². The molecular formula is C13H12ClNO3. The molecule has 18 heavy (non-hydrogen) atoms. The summed E-state index contributed by atoms with van der Waals surface area (Å²) in [6.45, 7) is 0. The zero-order chi connectivity index (χ0) is 13.1. The van der Waals surface area contributed by atoms with E-state index in [0.29, 0.717) is 10.6 Å². The molecule has 5 heteroatoms. The van der Waals surface area contributed by atoms with Crippen molar-refractivity contribution in [1.82, 2.24) is 4.98 Å². The van der Waals surface area contributed by atoms with Crippen LogP contribution in [0.5, 0.6) is 0 Å². The van der Waals surface area contributed by atoms with Gasteiger partial charge in [-0.2, -0.15) is 0 Å². The van der Waals surface area contributed by atoms with Crippen LogP contribution in [-0.4, -0.2) is 23.8 Å². The molecule has 1 aliphatic rings. The van der Waals surface area contributed by atoms with E-state index in [1.54, 1.807) is 6.07 Å². The first-order valence-electron chi connectivity index (χ1n) is 5.56. The Morgan fingerprint density at radius 3 is 2.72 bits per heavy atom. The number of hydrogen-bond donors (Lipinski definition) is 0. The first-order chi connectivity index (χ1) is 8.61. The van der Waals surface area contributed by atoms with Gasteiger partial charge in [-0.05, 0) is 30.5 Å². The summed E-state index contributed by atoms with van der Waals surface area (Å²) >= 11 is 5.80. The topological polar surface area (TPSA) is 56.3 Å². The van der Waals surface area contributed by atoms with Gasteiger partial charge in [0.05, 0.1) is 12.1 Å². The fraction of sp³-hybridized carbons (Fsp3) is 0.308. The molecule has 1 saturated carbocycles. The van der Waals surface area contributed by atoms with Gasteiger partial charge in [0.25, 0.3) is 0 Å². The zero-order valence-electron chi connectivity index (χ0n) is 9.85. The van der Waals surface area contributed by atoms with Gasteiger partial charge in [-0.15, -0.1) is 0 Å². The maximum absolute atomic E-state index is 12.0. The highest BCUT2D eigenvalue weighted by Gasteiger charge is 2.34. The summed E-state index contributed by atoms with van der Waals surface area (Å²) in [5, 5.41) is 0.451. The van der Waals surface area contributed by atoms with Crippen LogP contribution in [0.3, 0.4) is 0 Å². The van der Waals surface area contributed by atoms with E-state index in [1.807, 2.05) is 0 Å². The van der Waals surface area contributed by atoms with Crippen LogP contribution in [0.2, 0.25) is 5.02 Å². The van der Waals surface area contributed by atoms with Crippen molar-refractivity contribution in [1.29, 1.82) is 0 Å². The Labute approximate surface area is 110 Å². The van der Waals surface area contributed by atoms with Crippen molar-refractivity contribution in [3.63, 3.8) is 0 Å². The maximum atomic E-state index is 12.0. The quantitative estimate of drug-likeness (QED) is 0.363. The molecule has 4 nitrogen and oxygen atoms in total. The van der Waals surface area contributed by atoms with Crippen LogP contribution in [0.25, 0.3) is 6.08 Å².